The van der Waals surface area contributed by atoms with Crippen LogP contribution in [-0.4, -0.2) is 36.3 Å². The zero-order valence-corrected chi connectivity index (χ0v) is 11.4. The Balaban J connectivity index is 1.62. The first kappa shape index (κ1) is 14.6. The molecule has 1 saturated carbocycles. The van der Waals surface area contributed by atoms with Gasteiger partial charge in [0, 0.05) is 24.8 Å². The lowest BCUT2D eigenvalue weighted by molar-refractivity contribution is -0.137. The number of aromatic nitrogens is 1. The molecule has 116 valence electrons. The van der Waals surface area contributed by atoms with Crippen LogP contribution in [0.1, 0.15) is 24.8 Å². The van der Waals surface area contributed by atoms with Crippen LogP contribution < -0.4 is 10.2 Å². The van der Waals surface area contributed by atoms with E-state index in [4.69, 9.17) is 0 Å². The van der Waals surface area contributed by atoms with Crippen LogP contribution in [-0.2, 0) is 6.18 Å². The van der Waals surface area contributed by atoms with Crippen LogP contribution in [0.2, 0.25) is 0 Å². The van der Waals surface area contributed by atoms with Crippen molar-refractivity contribution in [2.45, 2.75) is 43.7 Å². The average Bonchev–Trinajstić information content (AvgIpc) is 3.24. The van der Waals surface area contributed by atoms with Gasteiger partial charge in [-0.1, -0.05) is 0 Å². The maximum absolute atomic E-state index is 14.1. The van der Waals surface area contributed by atoms with E-state index in [1.165, 1.54) is 6.07 Å². The number of hydrogen-bond donors (Lipinski definition) is 1. The summed E-state index contributed by atoms with van der Waals surface area (Å²) in [5.74, 6) is 0.399. The van der Waals surface area contributed by atoms with Crippen molar-refractivity contribution in [1.82, 2.24) is 10.3 Å². The molecule has 0 radical (unpaired) electrons. The first-order valence-electron chi connectivity index (χ1n) is 7.12. The van der Waals surface area contributed by atoms with Gasteiger partial charge in [0.05, 0.1) is 12.1 Å². The zero-order valence-electron chi connectivity index (χ0n) is 11.4. The van der Waals surface area contributed by atoms with Gasteiger partial charge in [0.1, 0.15) is 12.0 Å². The van der Waals surface area contributed by atoms with Crippen LogP contribution in [0.4, 0.5) is 23.4 Å². The number of nitrogens with one attached hydrogen (secondary N) is 1. The first-order valence-corrected chi connectivity index (χ1v) is 7.12. The number of pyridine rings is 1. The highest BCUT2D eigenvalue weighted by molar-refractivity contribution is 5.40. The molecule has 2 atom stereocenters. The van der Waals surface area contributed by atoms with Crippen LogP contribution in [0.5, 0.6) is 0 Å². The Morgan fingerprint density at radius 3 is 2.48 bits per heavy atom. The number of alkyl halides is 4. The molecule has 7 heteroatoms. The molecule has 1 N–H and O–H groups in total. The van der Waals surface area contributed by atoms with Gasteiger partial charge < -0.3 is 10.2 Å². The molecule has 0 amide bonds. The minimum Gasteiger partial charge on any atom is -0.354 e. The molecule has 1 aliphatic carbocycles. The molecule has 2 aliphatic rings. The van der Waals surface area contributed by atoms with Crippen molar-refractivity contribution in [2.24, 2.45) is 0 Å². The molecule has 1 aliphatic heterocycles. The topological polar surface area (TPSA) is 28.2 Å². The van der Waals surface area contributed by atoms with E-state index in [0.717, 1.165) is 25.1 Å². The molecule has 3 rings (SSSR count). The number of anilines is 1. The van der Waals surface area contributed by atoms with Gasteiger partial charge in [0.2, 0.25) is 0 Å². The lowest BCUT2D eigenvalue weighted by Gasteiger charge is -2.36. The second-order valence-corrected chi connectivity index (χ2v) is 5.70. The Hall–Kier alpha value is -1.37. The molecule has 2 heterocycles. The van der Waals surface area contributed by atoms with Crippen molar-refractivity contribution in [3.8, 4) is 0 Å². The number of rotatable bonds is 3. The highest BCUT2D eigenvalue weighted by Crippen LogP contribution is 2.30. The third-order valence-corrected chi connectivity index (χ3v) is 3.97. The van der Waals surface area contributed by atoms with Crippen LogP contribution in [0.3, 0.4) is 0 Å². The third-order valence-electron chi connectivity index (χ3n) is 3.97. The van der Waals surface area contributed by atoms with Crippen molar-refractivity contribution in [3.63, 3.8) is 0 Å². The van der Waals surface area contributed by atoms with Crippen molar-refractivity contribution >= 4 is 5.82 Å². The minimum atomic E-state index is -4.39. The Morgan fingerprint density at radius 2 is 1.95 bits per heavy atom. The summed E-state index contributed by atoms with van der Waals surface area (Å²) >= 11 is 0. The highest BCUT2D eigenvalue weighted by Gasteiger charge is 2.34. The van der Waals surface area contributed by atoms with Gasteiger partial charge in [-0.3, -0.25) is 0 Å². The Bertz CT molecular complexity index is 484. The first-order chi connectivity index (χ1) is 9.93. The summed E-state index contributed by atoms with van der Waals surface area (Å²) in [6.07, 6.45) is -1.77. The smallest absolute Gasteiger partial charge is 0.354 e. The third kappa shape index (κ3) is 3.45. The largest absolute Gasteiger partial charge is 0.417 e. The van der Waals surface area contributed by atoms with E-state index in [9.17, 15) is 17.6 Å². The predicted octanol–water partition coefficient (Wildman–Crippen LogP) is 2.77. The molecule has 3 nitrogen and oxygen atoms in total. The molecule has 1 saturated heterocycles. The highest BCUT2D eigenvalue weighted by atomic mass is 19.4. The Labute approximate surface area is 120 Å². The maximum Gasteiger partial charge on any atom is 0.417 e. The predicted molar refractivity (Wildman–Crippen MR) is 70.9 cm³/mol. The average molecular weight is 303 g/mol. The minimum absolute atomic E-state index is 0.150. The summed E-state index contributed by atoms with van der Waals surface area (Å²) in [6, 6.07) is 2.60. The SMILES string of the molecule is FC1CN(c2ccc(C(F)(F)F)cn2)CCC1NC1CC1. The van der Waals surface area contributed by atoms with E-state index in [1.807, 2.05) is 0 Å². The standard InChI is InChI=1S/C14H17F4N3/c15-11-8-21(6-5-12(11)20-10-2-3-10)13-4-1-9(7-19-13)14(16,17)18/h1,4,7,10-12,20H,2-3,5-6,8H2. The van der Waals surface area contributed by atoms with Crippen LogP contribution in [0, 0.1) is 0 Å². The van der Waals surface area contributed by atoms with Gasteiger partial charge >= 0.3 is 6.18 Å². The van der Waals surface area contributed by atoms with E-state index >= 15 is 0 Å². The number of hydrogen-bond acceptors (Lipinski definition) is 3. The summed E-state index contributed by atoms with van der Waals surface area (Å²) in [7, 11) is 0. The lowest BCUT2D eigenvalue weighted by atomic mass is 10.0. The van der Waals surface area contributed by atoms with E-state index < -0.39 is 17.9 Å². The lowest BCUT2D eigenvalue weighted by Crippen LogP contribution is -2.51. The molecule has 1 aromatic heterocycles. The molecule has 1 aromatic rings. The second kappa shape index (κ2) is 5.44. The van der Waals surface area contributed by atoms with Crippen LogP contribution >= 0.6 is 0 Å². The Morgan fingerprint density at radius 1 is 1.19 bits per heavy atom. The molecule has 2 unspecified atom stereocenters. The van der Waals surface area contributed by atoms with E-state index in [-0.39, 0.29) is 12.6 Å². The van der Waals surface area contributed by atoms with Gasteiger partial charge in [-0.15, -0.1) is 0 Å². The van der Waals surface area contributed by atoms with E-state index in [2.05, 4.69) is 10.3 Å². The molecular formula is C14H17F4N3. The van der Waals surface area contributed by atoms with Crippen molar-refractivity contribution in [1.29, 1.82) is 0 Å². The van der Waals surface area contributed by atoms with E-state index in [1.54, 1.807) is 4.90 Å². The van der Waals surface area contributed by atoms with Gasteiger partial charge in [0.15, 0.2) is 0 Å². The quantitative estimate of drug-likeness (QED) is 0.870. The molecule has 0 aromatic carbocycles. The van der Waals surface area contributed by atoms with Crippen LogP contribution in [0.25, 0.3) is 0 Å². The van der Waals surface area contributed by atoms with Crippen molar-refractivity contribution < 1.29 is 17.6 Å². The molecule has 0 bridgehead atoms. The summed E-state index contributed by atoms with van der Waals surface area (Å²) in [6.45, 7) is 0.770. The number of nitrogens with zero attached hydrogens (tertiary/aromatic N) is 2. The zero-order chi connectivity index (χ0) is 15.0. The molecule has 2 fully saturated rings. The fourth-order valence-electron chi connectivity index (χ4n) is 2.59. The summed E-state index contributed by atoms with van der Waals surface area (Å²) in [5, 5.41) is 3.27. The van der Waals surface area contributed by atoms with Gasteiger partial charge in [-0.25, -0.2) is 9.37 Å². The van der Waals surface area contributed by atoms with Gasteiger partial charge in [-0.05, 0) is 31.4 Å². The molecule has 0 spiro atoms. The Kier molecular flexibility index (Phi) is 3.77. The van der Waals surface area contributed by atoms with E-state index in [0.29, 0.717) is 24.8 Å². The monoisotopic (exact) mass is 303 g/mol. The van der Waals surface area contributed by atoms with Gasteiger partial charge in [0.25, 0.3) is 0 Å². The molecule has 21 heavy (non-hydrogen) atoms. The van der Waals surface area contributed by atoms with Crippen molar-refractivity contribution in [2.75, 3.05) is 18.0 Å². The summed E-state index contributed by atoms with van der Waals surface area (Å²) in [4.78, 5) is 5.52. The number of halogens is 4. The summed E-state index contributed by atoms with van der Waals surface area (Å²) < 4.78 is 51.6. The second-order valence-electron chi connectivity index (χ2n) is 5.70. The van der Waals surface area contributed by atoms with Crippen LogP contribution in [0.15, 0.2) is 18.3 Å². The normalized spacial score (nSPS) is 27.0. The number of piperidine rings is 1. The molecular weight excluding hydrogens is 286 g/mol. The maximum atomic E-state index is 14.1. The van der Waals surface area contributed by atoms with Crippen molar-refractivity contribution in [3.05, 3.63) is 23.9 Å². The fraction of sp³-hybridized carbons (Fsp3) is 0.643. The summed E-state index contributed by atoms with van der Waals surface area (Å²) in [5.41, 5.74) is -0.784. The van der Waals surface area contributed by atoms with Gasteiger partial charge in [-0.2, -0.15) is 13.2 Å². The fourth-order valence-corrected chi connectivity index (χ4v) is 2.59.